The second-order valence-corrected chi connectivity index (χ2v) is 4.40. The van der Waals surface area contributed by atoms with Crippen LogP contribution in [0.25, 0.3) is 0 Å². The van der Waals surface area contributed by atoms with E-state index in [1.165, 1.54) is 11.8 Å². The summed E-state index contributed by atoms with van der Waals surface area (Å²) < 4.78 is 0. The van der Waals surface area contributed by atoms with Crippen molar-refractivity contribution in [2.24, 2.45) is 0 Å². The summed E-state index contributed by atoms with van der Waals surface area (Å²) in [5.41, 5.74) is 0. The Morgan fingerprint density at radius 3 is 2.56 bits per heavy atom. The van der Waals surface area contributed by atoms with Crippen molar-refractivity contribution >= 4 is 11.8 Å². The highest BCUT2D eigenvalue weighted by Gasteiger charge is 2.24. The first-order chi connectivity index (χ1) is 7.50. The Bertz CT molecular complexity index is 268. The van der Waals surface area contributed by atoms with Crippen LogP contribution >= 0.6 is 0 Å². The summed E-state index contributed by atoms with van der Waals surface area (Å²) in [7, 11) is 1.58. The maximum absolute atomic E-state index is 11.6. The minimum atomic E-state index is -0.444. The van der Waals surface area contributed by atoms with Crippen LogP contribution in [0.2, 0.25) is 0 Å². The molecular formula is C11H20N2O3. The summed E-state index contributed by atoms with van der Waals surface area (Å²) in [5.74, 6) is -0.344. The van der Waals surface area contributed by atoms with Crippen LogP contribution in [0.15, 0.2) is 0 Å². The van der Waals surface area contributed by atoms with Crippen LogP contribution in [0.3, 0.4) is 0 Å². The summed E-state index contributed by atoms with van der Waals surface area (Å²) in [6.45, 7) is 1.47. The molecule has 1 fully saturated rings. The van der Waals surface area contributed by atoms with Crippen molar-refractivity contribution in [2.45, 2.75) is 44.8 Å². The highest BCUT2D eigenvalue weighted by atomic mass is 16.3. The van der Waals surface area contributed by atoms with E-state index in [0.717, 1.165) is 25.7 Å². The average molecular weight is 228 g/mol. The highest BCUT2D eigenvalue weighted by molar-refractivity contribution is 5.83. The van der Waals surface area contributed by atoms with Gasteiger partial charge in [0.1, 0.15) is 0 Å². The number of rotatable bonds is 3. The van der Waals surface area contributed by atoms with Crippen LogP contribution in [-0.4, -0.2) is 47.6 Å². The third-order valence-electron chi connectivity index (χ3n) is 2.99. The van der Waals surface area contributed by atoms with Crippen molar-refractivity contribution in [1.82, 2.24) is 10.2 Å². The van der Waals surface area contributed by atoms with Gasteiger partial charge >= 0.3 is 0 Å². The van der Waals surface area contributed by atoms with E-state index in [0.29, 0.717) is 0 Å². The van der Waals surface area contributed by atoms with Gasteiger partial charge in [-0.2, -0.15) is 0 Å². The molecule has 1 aliphatic rings. The van der Waals surface area contributed by atoms with E-state index in [-0.39, 0.29) is 24.4 Å². The first-order valence-corrected chi connectivity index (χ1v) is 5.70. The lowest BCUT2D eigenvalue weighted by atomic mass is 9.92. The van der Waals surface area contributed by atoms with Crippen LogP contribution in [0.4, 0.5) is 0 Å². The minimum Gasteiger partial charge on any atom is -0.391 e. The largest absolute Gasteiger partial charge is 0.391 e. The number of carbonyl (C=O) groups excluding carboxylic acids is 2. The second-order valence-electron chi connectivity index (χ2n) is 4.40. The molecule has 0 aromatic heterocycles. The molecule has 0 bridgehead atoms. The number of nitrogens with zero attached hydrogens (tertiary/aromatic N) is 1. The Morgan fingerprint density at radius 1 is 1.38 bits per heavy atom. The molecule has 0 unspecified atom stereocenters. The van der Waals surface area contributed by atoms with Crippen molar-refractivity contribution in [3.05, 3.63) is 0 Å². The average Bonchev–Trinajstić information content (AvgIpc) is 2.21. The third-order valence-corrected chi connectivity index (χ3v) is 2.99. The maximum atomic E-state index is 11.6. The van der Waals surface area contributed by atoms with E-state index in [9.17, 15) is 14.7 Å². The Morgan fingerprint density at radius 2 is 2.00 bits per heavy atom. The highest BCUT2D eigenvalue weighted by Crippen LogP contribution is 2.18. The SMILES string of the molecule is CC(=O)N(C)CC(=O)N[C@H]1CCCC[C@@H]1O. The molecule has 0 heterocycles. The summed E-state index contributed by atoms with van der Waals surface area (Å²) in [4.78, 5) is 23.8. The summed E-state index contributed by atoms with van der Waals surface area (Å²) in [6, 6.07) is -0.151. The van der Waals surface area contributed by atoms with Crippen LogP contribution in [0, 0.1) is 0 Å². The predicted molar refractivity (Wildman–Crippen MR) is 59.7 cm³/mol. The van der Waals surface area contributed by atoms with Gasteiger partial charge in [0.05, 0.1) is 18.7 Å². The minimum absolute atomic E-state index is 0.0541. The van der Waals surface area contributed by atoms with E-state index < -0.39 is 6.10 Å². The zero-order valence-corrected chi connectivity index (χ0v) is 9.90. The fourth-order valence-electron chi connectivity index (χ4n) is 1.86. The van der Waals surface area contributed by atoms with E-state index in [2.05, 4.69) is 5.32 Å². The van der Waals surface area contributed by atoms with Gasteiger partial charge in [0.25, 0.3) is 0 Å². The van der Waals surface area contributed by atoms with Crippen molar-refractivity contribution in [3.8, 4) is 0 Å². The molecule has 1 rings (SSSR count). The van der Waals surface area contributed by atoms with Gasteiger partial charge in [-0.1, -0.05) is 12.8 Å². The number of hydrogen-bond donors (Lipinski definition) is 2. The number of likely N-dealkylation sites (N-methyl/N-ethyl adjacent to an activating group) is 1. The lowest BCUT2D eigenvalue weighted by Crippen LogP contribution is -2.48. The van der Waals surface area contributed by atoms with Crippen molar-refractivity contribution in [2.75, 3.05) is 13.6 Å². The smallest absolute Gasteiger partial charge is 0.239 e. The monoisotopic (exact) mass is 228 g/mol. The zero-order valence-electron chi connectivity index (χ0n) is 9.90. The fraction of sp³-hybridized carbons (Fsp3) is 0.818. The van der Waals surface area contributed by atoms with E-state index >= 15 is 0 Å². The number of aliphatic hydroxyl groups is 1. The van der Waals surface area contributed by atoms with Gasteiger partial charge in [-0.15, -0.1) is 0 Å². The summed E-state index contributed by atoms with van der Waals surface area (Å²) in [5, 5.41) is 12.4. The molecule has 1 saturated carbocycles. The summed E-state index contributed by atoms with van der Waals surface area (Å²) >= 11 is 0. The Labute approximate surface area is 95.8 Å². The van der Waals surface area contributed by atoms with Gasteiger partial charge in [0.15, 0.2) is 0 Å². The molecule has 0 radical (unpaired) electrons. The topological polar surface area (TPSA) is 69.6 Å². The molecule has 5 heteroatoms. The molecule has 1 aliphatic carbocycles. The van der Waals surface area contributed by atoms with E-state index in [1.807, 2.05) is 0 Å². The van der Waals surface area contributed by atoms with Crippen molar-refractivity contribution in [1.29, 1.82) is 0 Å². The molecule has 0 saturated heterocycles. The first kappa shape index (κ1) is 13.0. The lowest BCUT2D eigenvalue weighted by Gasteiger charge is -2.29. The maximum Gasteiger partial charge on any atom is 0.239 e. The molecule has 5 nitrogen and oxygen atoms in total. The molecule has 0 aromatic carbocycles. The molecule has 2 amide bonds. The Balaban J connectivity index is 2.35. The second kappa shape index (κ2) is 5.84. The lowest BCUT2D eigenvalue weighted by molar-refractivity contribution is -0.133. The third kappa shape index (κ3) is 3.81. The van der Waals surface area contributed by atoms with Gasteiger partial charge in [-0.3, -0.25) is 9.59 Å². The molecule has 2 N–H and O–H groups in total. The van der Waals surface area contributed by atoms with Gasteiger partial charge in [-0.05, 0) is 12.8 Å². The van der Waals surface area contributed by atoms with Gasteiger partial charge in [-0.25, -0.2) is 0 Å². The number of carbonyl (C=O) groups is 2. The zero-order chi connectivity index (χ0) is 12.1. The Hall–Kier alpha value is -1.10. The molecule has 92 valence electrons. The number of aliphatic hydroxyl groups excluding tert-OH is 1. The predicted octanol–water partition coefficient (Wildman–Crippen LogP) is -0.116. The molecule has 16 heavy (non-hydrogen) atoms. The van der Waals surface area contributed by atoms with Crippen molar-refractivity contribution < 1.29 is 14.7 Å². The fourth-order valence-corrected chi connectivity index (χ4v) is 1.86. The van der Waals surface area contributed by atoms with Gasteiger partial charge in [0, 0.05) is 14.0 Å². The standard InChI is InChI=1S/C11H20N2O3/c1-8(14)13(2)7-11(16)12-9-5-3-4-6-10(9)15/h9-10,15H,3-7H2,1-2H3,(H,12,16)/t9-,10-/m0/s1. The van der Waals surface area contributed by atoms with Crippen LogP contribution in [0.1, 0.15) is 32.6 Å². The molecule has 0 aromatic rings. The van der Waals surface area contributed by atoms with Gasteiger partial charge in [0.2, 0.25) is 11.8 Å². The number of amides is 2. The van der Waals surface area contributed by atoms with Crippen LogP contribution < -0.4 is 5.32 Å². The Kier molecular flexibility index (Phi) is 4.73. The molecule has 2 atom stereocenters. The molecule has 0 spiro atoms. The normalized spacial score (nSPS) is 24.9. The quantitative estimate of drug-likeness (QED) is 0.708. The van der Waals surface area contributed by atoms with Crippen LogP contribution in [0.5, 0.6) is 0 Å². The van der Waals surface area contributed by atoms with E-state index in [4.69, 9.17) is 0 Å². The number of hydrogen-bond acceptors (Lipinski definition) is 3. The van der Waals surface area contributed by atoms with Crippen molar-refractivity contribution in [3.63, 3.8) is 0 Å². The first-order valence-electron chi connectivity index (χ1n) is 5.70. The van der Waals surface area contributed by atoms with Crippen LogP contribution in [-0.2, 0) is 9.59 Å². The molecule has 0 aliphatic heterocycles. The summed E-state index contributed by atoms with van der Waals surface area (Å²) in [6.07, 6.45) is 3.16. The molecular weight excluding hydrogens is 208 g/mol. The van der Waals surface area contributed by atoms with Gasteiger partial charge < -0.3 is 15.3 Å². The van der Waals surface area contributed by atoms with E-state index in [1.54, 1.807) is 7.05 Å². The number of nitrogens with one attached hydrogen (secondary N) is 1.